The second kappa shape index (κ2) is 5.24. The molecule has 0 radical (unpaired) electrons. The SMILES string of the molecule is CC(C)C(O)CCC1CSc2ccccc21. The third kappa shape index (κ3) is 2.61. The predicted molar refractivity (Wildman–Crippen MR) is 70.0 cm³/mol. The van der Waals surface area contributed by atoms with Crippen LogP contribution in [-0.2, 0) is 0 Å². The zero-order valence-electron chi connectivity index (χ0n) is 10.0. The van der Waals surface area contributed by atoms with E-state index in [9.17, 15) is 5.11 Å². The molecule has 0 spiro atoms. The molecule has 16 heavy (non-hydrogen) atoms. The highest BCUT2D eigenvalue weighted by Gasteiger charge is 2.23. The van der Waals surface area contributed by atoms with Crippen LogP contribution < -0.4 is 0 Å². The molecular weight excluding hydrogens is 216 g/mol. The van der Waals surface area contributed by atoms with Crippen LogP contribution in [0.25, 0.3) is 0 Å². The first-order chi connectivity index (χ1) is 7.68. The number of aliphatic hydroxyl groups is 1. The summed E-state index contributed by atoms with van der Waals surface area (Å²) in [6.07, 6.45) is 1.90. The third-order valence-electron chi connectivity index (χ3n) is 3.38. The van der Waals surface area contributed by atoms with E-state index >= 15 is 0 Å². The Balaban J connectivity index is 1.93. The fraction of sp³-hybridized carbons (Fsp3) is 0.571. The van der Waals surface area contributed by atoms with Gasteiger partial charge in [-0.25, -0.2) is 0 Å². The first-order valence-corrected chi connectivity index (χ1v) is 7.07. The van der Waals surface area contributed by atoms with Crippen molar-refractivity contribution in [1.82, 2.24) is 0 Å². The molecule has 2 rings (SSSR count). The summed E-state index contributed by atoms with van der Waals surface area (Å²) >= 11 is 1.95. The molecule has 0 saturated heterocycles. The van der Waals surface area contributed by atoms with Gasteiger partial charge in [-0.05, 0) is 36.3 Å². The van der Waals surface area contributed by atoms with Gasteiger partial charge in [0, 0.05) is 10.6 Å². The van der Waals surface area contributed by atoms with E-state index in [4.69, 9.17) is 0 Å². The zero-order chi connectivity index (χ0) is 11.5. The molecule has 1 aromatic carbocycles. The number of hydrogen-bond donors (Lipinski definition) is 1. The van der Waals surface area contributed by atoms with Gasteiger partial charge in [-0.15, -0.1) is 11.8 Å². The van der Waals surface area contributed by atoms with Crippen molar-refractivity contribution in [3.63, 3.8) is 0 Å². The van der Waals surface area contributed by atoms with Crippen molar-refractivity contribution >= 4 is 11.8 Å². The maximum atomic E-state index is 9.83. The highest BCUT2D eigenvalue weighted by Crippen LogP contribution is 2.41. The monoisotopic (exact) mass is 236 g/mol. The number of benzene rings is 1. The lowest BCUT2D eigenvalue weighted by molar-refractivity contribution is 0.112. The van der Waals surface area contributed by atoms with Crippen LogP contribution in [0, 0.1) is 5.92 Å². The molecule has 0 saturated carbocycles. The van der Waals surface area contributed by atoms with Crippen LogP contribution in [-0.4, -0.2) is 17.0 Å². The highest BCUT2D eigenvalue weighted by molar-refractivity contribution is 7.99. The van der Waals surface area contributed by atoms with Gasteiger partial charge >= 0.3 is 0 Å². The van der Waals surface area contributed by atoms with Crippen molar-refractivity contribution < 1.29 is 5.11 Å². The van der Waals surface area contributed by atoms with E-state index in [2.05, 4.69) is 38.1 Å². The van der Waals surface area contributed by atoms with Crippen molar-refractivity contribution in [2.45, 2.75) is 43.6 Å². The average Bonchev–Trinajstić information content (AvgIpc) is 2.69. The molecule has 0 aromatic heterocycles. The zero-order valence-corrected chi connectivity index (χ0v) is 10.8. The number of aliphatic hydroxyl groups excluding tert-OH is 1. The maximum Gasteiger partial charge on any atom is 0.0563 e. The Morgan fingerprint density at radius 2 is 2.12 bits per heavy atom. The molecule has 0 bridgehead atoms. The summed E-state index contributed by atoms with van der Waals surface area (Å²) in [5.74, 6) is 2.21. The van der Waals surface area contributed by atoms with Gasteiger partial charge in [-0.3, -0.25) is 0 Å². The van der Waals surface area contributed by atoms with E-state index in [0.29, 0.717) is 11.8 Å². The van der Waals surface area contributed by atoms with Gasteiger partial charge in [0.2, 0.25) is 0 Å². The van der Waals surface area contributed by atoms with Crippen molar-refractivity contribution in [1.29, 1.82) is 0 Å². The summed E-state index contributed by atoms with van der Waals surface area (Å²) in [5.41, 5.74) is 1.49. The van der Waals surface area contributed by atoms with Gasteiger partial charge in [-0.2, -0.15) is 0 Å². The third-order valence-corrected chi connectivity index (χ3v) is 4.63. The summed E-state index contributed by atoms with van der Waals surface area (Å²) in [4.78, 5) is 1.44. The Labute approximate surface area is 102 Å². The Morgan fingerprint density at radius 1 is 1.38 bits per heavy atom. The highest BCUT2D eigenvalue weighted by atomic mass is 32.2. The van der Waals surface area contributed by atoms with Crippen LogP contribution in [0.5, 0.6) is 0 Å². The number of hydrogen-bond acceptors (Lipinski definition) is 2. The van der Waals surface area contributed by atoms with Gasteiger partial charge in [0.1, 0.15) is 0 Å². The molecule has 1 aliphatic heterocycles. The first-order valence-electron chi connectivity index (χ1n) is 6.08. The van der Waals surface area contributed by atoms with Crippen LogP contribution in [0.2, 0.25) is 0 Å². The summed E-state index contributed by atoms with van der Waals surface area (Å²) in [6.45, 7) is 4.17. The lowest BCUT2D eigenvalue weighted by atomic mass is 9.92. The normalized spacial score (nSPS) is 21.1. The van der Waals surface area contributed by atoms with Gasteiger partial charge < -0.3 is 5.11 Å². The smallest absolute Gasteiger partial charge is 0.0563 e. The van der Waals surface area contributed by atoms with Crippen molar-refractivity contribution in [3.8, 4) is 0 Å². The van der Waals surface area contributed by atoms with Crippen LogP contribution >= 0.6 is 11.8 Å². The number of fused-ring (bicyclic) bond motifs is 1. The Hall–Kier alpha value is -0.470. The molecule has 2 unspecified atom stereocenters. The number of thioether (sulfide) groups is 1. The molecule has 1 nitrogen and oxygen atoms in total. The topological polar surface area (TPSA) is 20.2 Å². The number of rotatable bonds is 4. The van der Waals surface area contributed by atoms with Crippen molar-refractivity contribution in [2.24, 2.45) is 5.92 Å². The summed E-state index contributed by atoms with van der Waals surface area (Å²) in [5, 5.41) is 9.83. The standard InChI is InChI=1S/C14H20OS/c1-10(2)13(15)8-7-11-9-16-14-6-4-3-5-12(11)14/h3-6,10-11,13,15H,7-9H2,1-2H3. The molecule has 2 heteroatoms. The molecule has 2 atom stereocenters. The summed E-state index contributed by atoms with van der Waals surface area (Å²) in [6, 6.07) is 8.67. The van der Waals surface area contributed by atoms with E-state index in [-0.39, 0.29) is 6.10 Å². The van der Waals surface area contributed by atoms with Crippen molar-refractivity contribution in [3.05, 3.63) is 29.8 Å². The van der Waals surface area contributed by atoms with E-state index in [1.807, 2.05) is 11.8 Å². The van der Waals surface area contributed by atoms with Gasteiger partial charge in [-0.1, -0.05) is 32.0 Å². The van der Waals surface area contributed by atoms with E-state index in [1.54, 1.807) is 0 Å². The van der Waals surface area contributed by atoms with Crippen LogP contribution in [0.1, 0.15) is 38.2 Å². The molecular formula is C14H20OS. The molecule has 1 heterocycles. The largest absolute Gasteiger partial charge is 0.393 e. The molecule has 0 aliphatic carbocycles. The Bertz CT molecular complexity index is 348. The molecule has 0 amide bonds. The van der Waals surface area contributed by atoms with Gasteiger partial charge in [0.05, 0.1) is 6.10 Å². The fourth-order valence-electron chi connectivity index (χ4n) is 2.17. The Morgan fingerprint density at radius 3 is 2.88 bits per heavy atom. The minimum atomic E-state index is -0.141. The summed E-state index contributed by atoms with van der Waals surface area (Å²) < 4.78 is 0. The average molecular weight is 236 g/mol. The van der Waals surface area contributed by atoms with Crippen molar-refractivity contribution in [2.75, 3.05) is 5.75 Å². The quantitative estimate of drug-likeness (QED) is 0.860. The molecule has 0 fully saturated rings. The minimum absolute atomic E-state index is 0.141. The van der Waals surface area contributed by atoms with Crippen LogP contribution in [0.4, 0.5) is 0 Å². The second-order valence-electron chi connectivity index (χ2n) is 4.93. The molecule has 1 aliphatic rings. The second-order valence-corrected chi connectivity index (χ2v) is 6.00. The lowest BCUT2D eigenvalue weighted by Crippen LogP contribution is -2.15. The Kier molecular flexibility index (Phi) is 3.93. The van der Waals surface area contributed by atoms with E-state index in [1.165, 1.54) is 16.2 Å². The molecule has 88 valence electrons. The minimum Gasteiger partial charge on any atom is -0.393 e. The van der Waals surface area contributed by atoms with Gasteiger partial charge in [0.15, 0.2) is 0 Å². The maximum absolute atomic E-state index is 9.83. The van der Waals surface area contributed by atoms with Gasteiger partial charge in [0.25, 0.3) is 0 Å². The fourth-order valence-corrected chi connectivity index (χ4v) is 3.48. The van der Waals surface area contributed by atoms with Crippen LogP contribution in [0.15, 0.2) is 29.2 Å². The molecule has 1 aromatic rings. The first kappa shape index (κ1) is 12.0. The lowest BCUT2D eigenvalue weighted by Gasteiger charge is -2.17. The van der Waals surface area contributed by atoms with E-state index in [0.717, 1.165) is 12.8 Å². The van der Waals surface area contributed by atoms with Crippen LogP contribution in [0.3, 0.4) is 0 Å². The summed E-state index contributed by atoms with van der Waals surface area (Å²) in [7, 11) is 0. The van der Waals surface area contributed by atoms with E-state index < -0.39 is 0 Å². The molecule has 1 N–H and O–H groups in total. The predicted octanol–water partition coefficient (Wildman–Crippen LogP) is 3.67.